The molecule has 0 aromatic heterocycles. The Morgan fingerprint density at radius 2 is 1.84 bits per heavy atom. The molecule has 19 heavy (non-hydrogen) atoms. The van der Waals surface area contributed by atoms with E-state index in [9.17, 15) is 0 Å². The van der Waals surface area contributed by atoms with Crippen LogP contribution < -0.4 is 4.74 Å². The molecule has 2 aliphatic rings. The van der Waals surface area contributed by atoms with Crippen LogP contribution in [-0.4, -0.2) is 0 Å². The first kappa shape index (κ1) is 12.8. The maximum Gasteiger partial charge on any atom is 0.131 e. The van der Waals surface area contributed by atoms with E-state index in [1.165, 1.54) is 30.6 Å². The normalized spacial score (nSPS) is 20.8. The quantitative estimate of drug-likeness (QED) is 0.670. The zero-order valence-electron chi connectivity index (χ0n) is 12.5. The molecule has 1 aliphatic heterocycles. The van der Waals surface area contributed by atoms with Crippen LogP contribution in [0.25, 0.3) is 0 Å². The van der Waals surface area contributed by atoms with Gasteiger partial charge in [0.1, 0.15) is 11.5 Å². The fourth-order valence-corrected chi connectivity index (χ4v) is 3.71. The molecule has 1 nitrogen and oxygen atoms in total. The molecule has 0 bridgehead atoms. The standard InChI is InChI=1S/C18H24O/c1-5-13-16(17(2,3)4)19-15-10-7-6-9-14(15)18(13)11-8-12-18/h6-7,9-10H,5,8,11-12H2,1-4H3. The van der Waals surface area contributed by atoms with E-state index in [0.29, 0.717) is 0 Å². The van der Waals surface area contributed by atoms with Gasteiger partial charge in [0.25, 0.3) is 0 Å². The summed E-state index contributed by atoms with van der Waals surface area (Å²) in [4.78, 5) is 0. The fraction of sp³-hybridized carbons (Fsp3) is 0.556. The van der Waals surface area contributed by atoms with Gasteiger partial charge < -0.3 is 4.74 Å². The van der Waals surface area contributed by atoms with E-state index in [2.05, 4.69) is 52.0 Å². The summed E-state index contributed by atoms with van der Waals surface area (Å²) in [5.41, 5.74) is 3.34. The lowest BCUT2D eigenvalue weighted by molar-refractivity contribution is 0.203. The Morgan fingerprint density at radius 3 is 2.37 bits per heavy atom. The van der Waals surface area contributed by atoms with Crippen molar-refractivity contribution in [2.24, 2.45) is 5.41 Å². The maximum absolute atomic E-state index is 6.31. The number of hydrogen-bond donors (Lipinski definition) is 0. The Balaban J connectivity index is 2.21. The predicted octanol–water partition coefficient (Wildman–Crippen LogP) is 5.21. The molecule has 0 N–H and O–H groups in total. The average Bonchev–Trinajstić information content (AvgIpc) is 2.33. The topological polar surface area (TPSA) is 9.23 Å². The zero-order chi connectivity index (χ0) is 13.7. The van der Waals surface area contributed by atoms with Crippen LogP contribution in [-0.2, 0) is 5.41 Å². The van der Waals surface area contributed by atoms with Crippen molar-refractivity contribution in [3.63, 3.8) is 0 Å². The molecule has 0 amide bonds. The van der Waals surface area contributed by atoms with E-state index in [-0.39, 0.29) is 10.8 Å². The third-order valence-electron chi connectivity index (χ3n) is 4.71. The SMILES string of the molecule is CCC1=C(C(C)(C)C)Oc2ccccc2C12CCC2. The third-order valence-corrected chi connectivity index (χ3v) is 4.71. The van der Waals surface area contributed by atoms with Crippen LogP contribution in [0.5, 0.6) is 5.75 Å². The van der Waals surface area contributed by atoms with Gasteiger partial charge in [0.05, 0.1) is 0 Å². The highest BCUT2D eigenvalue weighted by molar-refractivity contribution is 5.52. The zero-order valence-corrected chi connectivity index (χ0v) is 12.5. The summed E-state index contributed by atoms with van der Waals surface area (Å²) in [7, 11) is 0. The summed E-state index contributed by atoms with van der Waals surface area (Å²) in [6.07, 6.45) is 5.02. The van der Waals surface area contributed by atoms with E-state index in [0.717, 1.165) is 12.2 Å². The highest BCUT2D eigenvalue weighted by Gasteiger charge is 2.48. The van der Waals surface area contributed by atoms with Gasteiger partial charge in [0.15, 0.2) is 0 Å². The smallest absolute Gasteiger partial charge is 0.131 e. The van der Waals surface area contributed by atoms with Crippen molar-refractivity contribution in [3.8, 4) is 5.75 Å². The minimum Gasteiger partial charge on any atom is -0.461 e. The van der Waals surface area contributed by atoms with Crippen molar-refractivity contribution >= 4 is 0 Å². The van der Waals surface area contributed by atoms with E-state index in [1.54, 1.807) is 5.57 Å². The molecule has 0 atom stereocenters. The van der Waals surface area contributed by atoms with Crippen LogP contribution in [0.3, 0.4) is 0 Å². The second kappa shape index (κ2) is 4.13. The molecular formula is C18H24O. The molecule has 102 valence electrons. The van der Waals surface area contributed by atoms with Crippen molar-refractivity contribution < 1.29 is 4.74 Å². The summed E-state index contributed by atoms with van der Waals surface area (Å²) in [6.45, 7) is 9.06. The molecular weight excluding hydrogens is 232 g/mol. The van der Waals surface area contributed by atoms with E-state index in [4.69, 9.17) is 4.74 Å². The summed E-state index contributed by atoms with van der Waals surface area (Å²) in [6, 6.07) is 8.64. The predicted molar refractivity (Wildman–Crippen MR) is 79.4 cm³/mol. The van der Waals surface area contributed by atoms with Gasteiger partial charge in [-0.3, -0.25) is 0 Å². The molecule has 0 radical (unpaired) electrons. The van der Waals surface area contributed by atoms with Crippen LogP contribution in [0.1, 0.15) is 58.9 Å². The first-order valence-corrected chi connectivity index (χ1v) is 7.50. The lowest BCUT2D eigenvalue weighted by Crippen LogP contribution is -2.42. The van der Waals surface area contributed by atoms with Crippen molar-refractivity contribution in [3.05, 3.63) is 41.2 Å². The number of hydrogen-bond acceptors (Lipinski definition) is 1. The van der Waals surface area contributed by atoms with Gasteiger partial charge in [-0.25, -0.2) is 0 Å². The monoisotopic (exact) mass is 256 g/mol. The Kier molecular flexibility index (Phi) is 2.78. The van der Waals surface area contributed by atoms with Crippen LogP contribution >= 0.6 is 0 Å². The summed E-state index contributed by atoms with van der Waals surface area (Å²) >= 11 is 0. The average molecular weight is 256 g/mol. The van der Waals surface area contributed by atoms with Crippen molar-refractivity contribution in [2.45, 2.75) is 58.8 Å². The third kappa shape index (κ3) is 1.74. The first-order valence-electron chi connectivity index (χ1n) is 7.50. The lowest BCUT2D eigenvalue weighted by Gasteiger charge is -2.50. The van der Waals surface area contributed by atoms with Crippen LogP contribution in [0.2, 0.25) is 0 Å². The molecule has 1 heteroatoms. The molecule has 1 fully saturated rings. The first-order chi connectivity index (χ1) is 8.99. The van der Waals surface area contributed by atoms with E-state index < -0.39 is 0 Å². The Hall–Kier alpha value is -1.24. The molecule has 1 aromatic rings. The van der Waals surface area contributed by atoms with Gasteiger partial charge in [0.2, 0.25) is 0 Å². The van der Waals surface area contributed by atoms with Crippen molar-refractivity contribution in [1.29, 1.82) is 0 Å². The van der Waals surface area contributed by atoms with Crippen LogP contribution in [0, 0.1) is 5.41 Å². The van der Waals surface area contributed by atoms with Crippen LogP contribution in [0.4, 0.5) is 0 Å². The molecule has 1 heterocycles. The van der Waals surface area contributed by atoms with Gasteiger partial charge >= 0.3 is 0 Å². The Bertz CT molecular complexity index is 527. The number of benzene rings is 1. The van der Waals surface area contributed by atoms with Crippen molar-refractivity contribution in [1.82, 2.24) is 0 Å². The van der Waals surface area contributed by atoms with E-state index >= 15 is 0 Å². The highest BCUT2D eigenvalue weighted by Crippen LogP contribution is 2.58. The second-order valence-electron chi connectivity index (χ2n) is 6.95. The molecule has 0 saturated heterocycles. The Morgan fingerprint density at radius 1 is 1.16 bits per heavy atom. The van der Waals surface area contributed by atoms with Gasteiger partial charge in [-0.05, 0) is 30.9 Å². The summed E-state index contributed by atoms with van der Waals surface area (Å²) in [5.74, 6) is 2.30. The van der Waals surface area contributed by atoms with Crippen molar-refractivity contribution in [2.75, 3.05) is 0 Å². The second-order valence-corrected chi connectivity index (χ2v) is 6.95. The summed E-state index contributed by atoms with van der Waals surface area (Å²) < 4.78 is 6.31. The molecule has 3 rings (SSSR count). The Labute approximate surface area is 116 Å². The molecule has 1 saturated carbocycles. The number of para-hydroxylation sites is 1. The largest absolute Gasteiger partial charge is 0.461 e. The van der Waals surface area contributed by atoms with Gasteiger partial charge in [-0.1, -0.05) is 52.3 Å². The minimum absolute atomic E-state index is 0.0848. The molecule has 0 unspecified atom stereocenters. The number of rotatable bonds is 1. The number of allylic oxidation sites excluding steroid dienone is 2. The maximum atomic E-state index is 6.31. The number of fused-ring (bicyclic) bond motifs is 2. The minimum atomic E-state index is 0.0848. The molecule has 1 spiro atoms. The van der Waals surface area contributed by atoms with E-state index in [1.807, 2.05) is 0 Å². The lowest BCUT2D eigenvalue weighted by atomic mass is 9.57. The van der Waals surface area contributed by atoms with Crippen LogP contribution in [0.15, 0.2) is 35.6 Å². The number of ether oxygens (including phenoxy) is 1. The fourth-order valence-electron chi connectivity index (χ4n) is 3.71. The van der Waals surface area contributed by atoms with Gasteiger partial charge in [-0.2, -0.15) is 0 Å². The highest BCUT2D eigenvalue weighted by atomic mass is 16.5. The molecule has 1 aromatic carbocycles. The van der Waals surface area contributed by atoms with Gasteiger partial charge in [-0.15, -0.1) is 0 Å². The summed E-state index contributed by atoms with van der Waals surface area (Å²) in [5, 5.41) is 0. The van der Waals surface area contributed by atoms with Gasteiger partial charge in [0, 0.05) is 16.4 Å². The molecule has 1 aliphatic carbocycles.